The number of thiazole rings is 1. The van der Waals surface area contributed by atoms with Gasteiger partial charge < -0.3 is 5.32 Å². The Hall–Kier alpha value is -2.07. The molecule has 0 spiro atoms. The number of carbonyl (C=O) groups excluding carboxylic acids is 1. The predicted molar refractivity (Wildman–Crippen MR) is 91.6 cm³/mol. The Balaban J connectivity index is 1.60. The summed E-state index contributed by atoms with van der Waals surface area (Å²) in [5.41, 5.74) is 0.658. The van der Waals surface area contributed by atoms with Crippen molar-refractivity contribution in [1.29, 1.82) is 0 Å². The normalized spacial score (nSPS) is 11.3. The first kappa shape index (κ1) is 16.8. The van der Waals surface area contributed by atoms with Crippen LogP contribution in [0.3, 0.4) is 0 Å². The zero-order chi connectivity index (χ0) is 17.1. The van der Waals surface area contributed by atoms with Gasteiger partial charge in [-0.3, -0.25) is 4.79 Å². The molecule has 0 saturated carbocycles. The molecule has 0 aliphatic carbocycles. The number of aromatic nitrogens is 5. The Bertz CT molecular complexity index is 862. The fourth-order valence-corrected chi connectivity index (χ4v) is 3.59. The number of anilines is 1. The van der Waals surface area contributed by atoms with E-state index in [1.54, 1.807) is 10.7 Å². The first-order valence-corrected chi connectivity index (χ1v) is 9.06. The molecule has 1 aromatic carbocycles. The van der Waals surface area contributed by atoms with E-state index in [1.165, 1.54) is 35.2 Å². The zero-order valence-corrected chi connectivity index (χ0v) is 14.7. The van der Waals surface area contributed by atoms with E-state index in [9.17, 15) is 9.18 Å². The number of hydrogen-bond donors (Lipinski definition) is 1. The monoisotopic (exact) mass is 366 g/mol. The standard InChI is InChI=1S/C14H15FN6OS2/c1-8(2)6-21-14(18-19-20-21)23-7-12(22)17-13-16-10-4-3-9(15)5-11(10)24-13/h3-5,8H,6-7H2,1-2H3,(H,16,17,22). The molecular weight excluding hydrogens is 351 g/mol. The molecular formula is C14H15FN6OS2. The average Bonchev–Trinajstić information content (AvgIpc) is 3.10. The molecule has 7 nitrogen and oxygen atoms in total. The number of halogens is 1. The summed E-state index contributed by atoms with van der Waals surface area (Å²) in [7, 11) is 0. The van der Waals surface area contributed by atoms with Gasteiger partial charge in [-0.1, -0.05) is 36.9 Å². The third kappa shape index (κ3) is 4.06. The molecule has 126 valence electrons. The van der Waals surface area contributed by atoms with Crippen LogP contribution in [0.5, 0.6) is 0 Å². The number of nitrogens with one attached hydrogen (secondary N) is 1. The maximum Gasteiger partial charge on any atom is 0.236 e. The van der Waals surface area contributed by atoms with E-state index >= 15 is 0 Å². The number of benzene rings is 1. The number of tetrazole rings is 1. The Morgan fingerprint density at radius 1 is 1.46 bits per heavy atom. The van der Waals surface area contributed by atoms with Gasteiger partial charge in [0.05, 0.1) is 16.0 Å². The van der Waals surface area contributed by atoms with Crippen molar-refractivity contribution >= 4 is 44.4 Å². The largest absolute Gasteiger partial charge is 0.301 e. The molecule has 0 fully saturated rings. The molecule has 2 heterocycles. The molecule has 0 saturated heterocycles. The molecule has 0 aliphatic rings. The van der Waals surface area contributed by atoms with Crippen LogP contribution in [0.2, 0.25) is 0 Å². The van der Waals surface area contributed by atoms with Gasteiger partial charge in [-0.05, 0) is 34.5 Å². The third-order valence-corrected chi connectivity index (χ3v) is 4.86. The summed E-state index contributed by atoms with van der Waals surface area (Å²) < 4.78 is 15.6. The van der Waals surface area contributed by atoms with Crippen LogP contribution >= 0.6 is 23.1 Å². The van der Waals surface area contributed by atoms with Crippen molar-refractivity contribution < 1.29 is 9.18 Å². The summed E-state index contributed by atoms with van der Waals surface area (Å²) in [5.74, 6) is 0.0444. The van der Waals surface area contributed by atoms with Gasteiger partial charge in [0.1, 0.15) is 5.82 Å². The smallest absolute Gasteiger partial charge is 0.236 e. The van der Waals surface area contributed by atoms with Crippen molar-refractivity contribution in [2.75, 3.05) is 11.1 Å². The number of thioether (sulfide) groups is 1. The van der Waals surface area contributed by atoms with Crippen LogP contribution in [-0.4, -0.2) is 36.9 Å². The molecule has 0 radical (unpaired) electrons. The summed E-state index contributed by atoms with van der Waals surface area (Å²) in [6.45, 7) is 4.83. The summed E-state index contributed by atoms with van der Waals surface area (Å²) in [6.07, 6.45) is 0. The first-order chi connectivity index (χ1) is 11.5. The summed E-state index contributed by atoms with van der Waals surface area (Å²) >= 11 is 2.50. The molecule has 0 aliphatic heterocycles. The quantitative estimate of drug-likeness (QED) is 0.675. The Labute approximate surface area is 145 Å². The van der Waals surface area contributed by atoms with Crippen molar-refractivity contribution in [2.24, 2.45) is 5.92 Å². The number of carbonyl (C=O) groups is 1. The second kappa shape index (κ2) is 7.22. The van der Waals surface area contributed by atoms with Gasteiger partial charge in [0, 0.05) is 6.54 Å². The Morgan fingerprint density at radius 3 is 3.08 bits per heavy atom. The molecule has 0 unspecified atom stereocenters. The molecule has 24 heavy (non-hydrogen) atoms. The fraction of sp³-hybridized carbons (Fsp3) is 0.357. The minimum absolute atomic E-state index is 0.169. The molecule has 1 amide bonds. The van der Waals surface area contributed by atoms with Crippen molar-refractivity contribution in [2.45, 2.75) is 25.5 Å². The number of nitrogens with zero attached hydrogens (tertiary/aromatic N) is 5. The lowest BCUT2D eigenvalue weighted by atomic mass is 10.2. The lowest BCUT2D eigenvalue weighted by Crippen LogP contribution is -2.15. The SMILES string of the molecule is CC(C)Cn1nnnc1SCC(=O)Nc1nc2ccc(F)cc2s1. The molecule has 3 aromatic rings. The summed E-state index contributed by atoms with van der Waals surface area (Å²) in [4.78, 5) is 16.3. The number of fused-ring (bicyclic) bond motifs is 1. The van der Waals surface area contributed by atoms with Crippen LogP contribution in [-0.2, 0) is 11.3 Å². The van der Waals surface area contributed by atoms with E-state index in [2.05, 4.69) is 39.7 Å². The second-order valence-electron chi connectivity index (χ2n) is 5.51. The van der Waals surface area contributed by atoms with E-state index in [-0.39, 0.29) is 17.5 Å². The maximum atomic E-state index is 13.2. The Morgan fingerprint density at radius 2 is 2.29 bits per heavy atom. The van der Waals surface area contributed by atoms with Crippen LogP contribution in [0.4, 0.5) is 9.52 Å². The minimum Gasteiger partial charge on any atom is -0.301 e. The lowest BCUT2D eigenvalue weighted by Gasteiger charge is -2.06. The van der Waals surface area contributed by atoms with E-state index in [4.69, 9.17) is 0 Å². The van der Waals surface area contributed by atoms with Crippen LogP contribution in [0.15, 0.2) is 23.4 Å². The average molecular weight is 366 g/mol. The Kier molecular flexibility index (Phi) is 5.05. The van der Waals surface area contributed by atoms with E-state index in [1.807, 2.05) is 0 Å². The van der Waals surface area contributed by atoms with E-state index in [0.29, 0.717) is 33.0 Å². The van der Waals surface area contributed by atoms with Crippen molar-refractivity contribution in [3.05, 3.63) is 24.0 Å². The molecule has 1 N–H and O–H groups in total. The highest BCUT2D eigenvalue weighted by Crippen LogP contribution is 2.26. The van der Waals surface area contributed by atoms with Crippen LogP contribution in [0.1, 0.15) is 13.8 Å². The summed E-state index contributed by atoms with van der Waals surface area (Å²) in [6, 6.07) is 4.33. The lowest BCUT2D eigenvalue weighted by molar-refractivity contribution is -0.113. The molecule has 2 aromatic heterocycles. The summed E-state index contributed by atoms with van der Waals surface area (Å²) in [5, 5.41) is 15.2. The topological polar surface area (TPSA) is 85.6 Å². The van der Waals surface area contributed by atoms with Crippen LogP contribution < -0.4 is 5.32 Å². The first-order valence-electron chi connectivity index (χ1n) is 7.26. The van der Waals surface area contributed by atoms with Crippen molar-refractivity contribution in [3.8, 4) is 0 Å². The highest BCUT2D eigenvalue weighted by molar-refractivity contribution is 7.99. The van der Waals surface area contributed by atoms with Crippen molar-refractivity contribution in [1.82, 2.24) is 25.2 Å². The van der Waals surface area contributed by atoms with Gasteiger partial charge >= 0.3 is 0 Å². The van der Waals surface area contributed by atoms with E-state index < -0.39 is 0 Å². The zero-order valence-electron chi connectivity index (χ0n) is 13.1. The third-order valence-electron chi connectivity index (χ3n) is 2.97. The van der Waals surface area contributed by atoms with Crippen molar-refractivity contribution in [3.63, 3.8) is 0 Å². The molecule has 0 bridgehead atoms. The van der Waals surface area contributed by atoms with Gasteiger partial charge in [0.15, 0.2) is 5.13 Å². The van der Waals surface area contributed by atoms with Gasteiger partial charge in [-0.15, -0.1) is 5.10 Å². The van der Waals surface area contributed by atoms with Crippen LogP contribution in [0, 0.1) is 11.7 Å². The predicted octanol–water partition coefficient (Wildman–Crippen LogP) is 2.81. The maximum absolute atomic E-state index is 13.2. The highest BCUT2D eigenvalue weighted by Gasteiger charge is 2.13. The second-order valence-corrected chi connectivity index (χ2v) is 7.48. The fourth-order valence-electron chi connectivity index (χ4n) is 2.00. The van der Waals surface area contributed by atoms with Gasteiger partial charge in [-0.2, -0.15) is 0 Å². The number of amides is 1. The van der Waals surface area contributed by atoms with Gasteiger partial charge in [-0.25, -0.2) is 14.1 Å². The van der Waals surface area contributed by atoms with Gasteiger partial charge in [0.25, 0.3) is 0 Å². The highest BCUT2D eigenvalue weighted by atomic mass is 32.2. The number of hydrogen-bond acceptors (Lipinski definition) is 7. The van der Waals surface area contributed by atoms with Crippen LogP contribution in [0.25, 0.3) is 10.2 Å². The van der Waals surface area contributed by atoms with Gasteiger partial charge in [0.2, 0.25) is 11.1 Å². The number of rotatable bonds is 6. The molecule has 0 atom stereocenters. The molecule has 3 rings (SSSR count). The minimum atomic E-state index is -0.323. The van der Waals surface area contributed by atoms with E-state index in [0.717, 1.165) is 0 Å². The molecule has 10 heteroatoms.